The van der Waals surface area contributed by atoms with Crippen LogP contribution in [0.5, 0.6) is 0 Å². The molecule has 2 aliphatic carbocycles. The molecule has 3 fully saturated rings. The summed E-state index contributed by atoms with van der Waals surface area (Å²) in [5.74, 6) is 1.60. The van der Waals surface area contributed by atoms with Crippen LogP contribution in [0.15, 0.2) is 24.3 Å². The molecule has 2 saturated carbocycles. The Morgan fingerprint density at radius 3 is 2.10 bits per heavy atom. The second kappa shape index (κ2) is 14.7. The zero-order valence-corrected chi connectivity index (χ0v) is 24.4. The van der Waals surface area contributed by atoms with E-state index in [2.05, 4.69) is 17.6 Å². The van der Waals surface area contributed by atoms with Gasteiger partial charge in [-0.2, -0.15) is 0 Å². The van der Waals surface area contributed by atoms with E-state index in [1.807, 2.05) is 29.2 Å². The van der Waals surface area contributed by atoms with Crippen LogP contribution in [0.4, 0.5) is 4.79 Å². The van der Waals surface area contributed by atoms with Crippen LogP contribution in [-0.2, 0) is 17.9 Å². The number of guanidine groups is 1. The predicted molar refractivity (Wildman–Crippen MR) is 157 cm³/mol. The number of nitrogens with zero attached hydrogens (tertiary/aromatic N) is 2. The highest BCUT2D eigenvalue weighted by atomic mass is 16.2. The normalized spacial score (nSPS) is 20.7. The largest absolute Gasteiger partial charge is 0.353 e. The second-order valence-electron chi connectivity index (χ2n) is 12.4. The molecular weight excluding hydrogens is 486 g/mol. The molecular formula is C32H51N5O2. The Labute approximate surface area is 236 Å². The van der Waals surface area contributed by atoms with E-state index in [9.17, 15) is 9.59 Å². The first-order chi connectivity index (χ1) is 18.9. The lowest BCUT2D eigenvalue weighted by Gasteiger charge is -2.33. The van der Waals surface area contributed by atoms with Crippen LogP contribution in [0.3, 0.4) is 0 Å². The molecule has 0 unspecified atom stereocenters. The van der Waals surface area contributed by atoms with Crippen LogP contribution >= 0.6 is 0 Å². The van der Waals surface area contributed by atoms with Gasteiger partial charge in [-0.3, -0.25) is 15.1 Å². The molecule has 3 aliphatic rings. The fraction of sp³-hybridized carbons (Fsp3) is 0.719. The zero-order valence-electron chi connectivity index (χ0n) is 24.4. The van der Waals surface area contributed by atoms with Crippen LogP contribution in [0.1, 0.15) is 115 Å². The molecule has 0 spiro atoms. The highest BCUT2D eigenvalue weighted by Crippen LogP contribution is 2.32. The molecule has 216 valence electrons. The van der Waals surface area contributed by atoms with Crippen molar-refractivity contribution >= 4 is 17.9 Å². The number of urea groups is 1. The van der Waals surface area contributed by atoms with E-state index in [-0.39, 0.29) is 30.0 Å². The summed E-state index contributed by atoms with van der Waals surface area (Å²) in [7, 11) is 0. The van der Waals surface area contributed by atoms with Crippen LogP contribution in [0.25, 0.3) is 0 Å². The van der Waals surface area contributed by atoms with Crippen LogP contribution in [0.2, 0.25) is 0 Å². The summed E-state index contributed by atoms with van der Waals surface area (Å²) in [4.78, 5) is 28.4. The molecule has 7 heteroatoms. The maximum atomic E-state index is 12.7. The van der Waals surface area contributed by atoms with E-state index in [1.165, 1.54) is 64.2 Å². The molecule has 0 radical (unpaired) electrons. The number of hydrogen-bond acceptors (Lipinski definition) is 3. The third-order valence-corrected chi connectivity index (χ3v) is 9.11. The van der Waals surface area contributed by atoms with Crippen LogP contribution < -0.4 is 10.6 Å². The first kappa shape index (κ1) is 29.4. The number of hydrogen-bond donors (Lipinski definition) is 3. The first-order valence-electron chi connectivity index (χ1n) is 15.7. The minimum Gasteiger partial charge on any atom is -0.353 e. The lowest BCUT2D eigenvalue weighted by Crippen LogP contribution is -2.48. The Balaban J connectivity index is 1.35. The Kier molecular flexibility index (Phi) is 11.1. The van der Waals surface area contributed by atoms with E-state index >= 15 is 0 Å². The van der Waals surface area contributed by atoms with Crippen LogP contribution in [0, 0.1) is 17.2 Å². The molecule has 0 bridgehead atoms. The molecule has 4 rings (SSSR count). The Morgan fingerprint density at radius 1 is 1.00 bits per heavy atom. The van der Waals surface area contributed by atoms with Gasteiger partial charge >= 0.3 is 6.03 Å². The Bertz CT molecular complexity index is 916. The number of carbonyl (C=O) groups is 2. The van der Waals surface area contributed by atoms with Crippen molar-refractivity contribution in [1.29, 1.82) is 5.41 Å². The van der Waals surface area contributed by atoms with Crippen molar-refractivity contribution < 1.29 is 9.59 Å². The quantitative estimate of drug-likeness (QED) is 0.221. The monoisotopic (exact) mass is 537 g/mol. The molecule has 7 nitrogen and oxygen atoms in total. The van der Waals surface area contributed by atoms with Crippen molar-refractivity contribution in [3.8, 4) is 0 Å². The van der Waals surface area contributed by atoms with Gasteiger partial charge in [0.25, 0.3) is 0 Å². The molecule has 1 heterocycles. The predicted octanol–water partition coefficient (Wildman–Crippen LogP) is 6.56. The first-order valence-corrected chi connectivity index (χ1v) is 15.7. The van der Waals surface area contributed by atoms with Gasteiger partial charge in [0.2, 0.25) is 5.91 Å². The third-order valence-electron chi connectivity index (χ3n) is 9.11. The molecule has 0 aromatic heterocycles. The van der Waals surface area contributed by atoms with Gasteiger partial charge < -0.3 is 15.5 Å². The van der Waals surface area contributed by atoms with Crippen molar-refractivity contribution in [3.63, 3.8) is 0 Å². The summed E-state index contributed by atoms with van der Waals surface area (Å²) in [6.07, 6.45) is 17.5. The molecule has 1 aromatic carbocycles. The maximum Gasteiger partial charge on any atom is 0.318 e. The zero-order chi connectivity index (χ0) is 27.6. The van der Waals surface area contributed by atoms with Gasteiger partial charge in [0.1, 0.15) is 0 Å². The van der Waals surface area contributed by atoms with Gasteiger partial charge in [0.15, 0.2) is 5.96 Å². The molecule has 39 heavy (non-hydrogen) atoms. The highest BCUT2D eigenvalue weighted by molar-refractivity contribution is 5.94. The standard InChI is InChI=1S/C32H51N5O2/c1-3-10-29-23-36(32(39)35-29)21-27-15-17-28(18-16-27)22-37(24(2)38)31(33)34-30(19-25-11-6-4-7-12-25)20-26-13-8-5-9-14-26/h15-18,25-26,29-30H,3-14,19-23H2,1-2H3,(H2,33,34)(H,35,39)/t29-/m0/s1. The number of nitrogens with one attached hydrogen (secondary N) is 3. The van der Waals surface area contributed by atoms with Crippen molar-refractivity contribution in [2.75, 3.05) is 6.54 Å². The Morgan fingerprint density at radius 2 is 1.56 bits per heavy atom. The van der Waals surface area contributed by atoms with Crippen molar-refractivity contribution in [1.82, 2.24) is 20.4 Å². The number of benzene rings is 1. The Hall–Kier alpha value is -2.57. The smallest absolute Gasteiger partial charge is 0.318 e. The average Bonchev–Trinajstić information content (AvgIpc) is 3.27. The molecule has 1 aliphatic heterocycles. The minimum absolute atomic E-state index is 0.0100. The molecule has 1 saturated heterocycles. The van der Waals surface area contributed by atoms with Crippen LogP contribution in [-0.4, -0.2) is 46.3 Å². The fourth-order valence-corrected chi connectivity index (χ4v) is 6.95. The second-order valence-corrected chi connectivity index (χ2v) is 12.4. The van der Waals surface area contributed by atoms with Crippen molar-refractivity contribution in [3.05, 3.63) is 35.4 Å². The summed E-state index contributed by atoms with van der Waals surface area (Å²) in [6.45, 7) is 5.41. The summed E-state index contributed by atoms with van der Waals surface area (Å²) in [5, 5.41) is 15.5. The number of amides is 3. The molecule has 1 atom stereocenters. The number of rotatable bonds is 11. The average molecular weight is 538 g/mol. The molecule has 3 amide bonds. The van der Waals surface area contributed by atoms with Gasteiger partial charge in [-0.1, -0.05) is 102 Å². The van der Waals surface area contributed by atoms with Gasteiger partial charge in [0.05, 0.1) is 6.54 Å². The van der Waals surface area contributed by atoms with E-state index in [0.717, 1.165) is 55.2 Å². The van der Waals surface area contributed by atoms with Gasteiger partial charge in [-0.15, -0.1) is 0 Å². The SMILES string of the molecule is CCC[C@H]1CN(Cc2ccc(CN(C(=N)NC(CC3CCCCC3)CC3CCCCC3)C(C)=O)cc2)C(=O)N1. The van der Waals surface area contributed by atoms with Gasteiger partial charge in [-0.05, 0) is 42.2 Å². The summed E-state index contributed by atoms with van der Waals surface area (Å²) < 4.78 is 0. The van der Waals surface area contributed by atoms with E-state index in [1.54, 1.807) is 11.8 Å². The molecule has 1 aromatic rings. The lowest BCUT2D eigenvalue weighted by atomic mass is 9.80. The van der Waals surface area contributed by atoms with E-state index in [0.29, 0.717) is 13.1 Å². The summed E-state index contributed by atoms with van der Waals surface area (Å²) in [5.41, 5.74) is 2.07. The van der Waals surface area contributed by atoms with Crippen molar-refractivity contribution in [2.24, 2.45) is 11.8 Å². The van der Waals surface area contributed by atoms with E-state index in [4.69, 9.17) is 5.41 Å². The summed E-state index contributed by atoms with van der Waals surface area (Å²) >= 11 is 0. The molecule has 3 N–H and O–H groups in total. The lowest BCUT2D eigenvalue weighted by molar-refractivity contribution is -0.125. The minimum atomic E-state index is -0.110. The van der Waals surface area contributed by atoms with Gasteiger partial charge in [-0.25, -0.2) is 4.79 Å². The third kappa shape index (κ3) is 8.97. The van der Waals surface area contributed by atoms with E-state index < -0.39 is 0 Å². The summed E-state index contributed by atoms with van der Waals surface area (Å²) in [6, 6.07) is 8.64. The van der Waals surface area contributed by atoms with Gasteiger partial charge in [0, 0.05) is 32.1 Å². The maximum absolute atomic E-state index is 12.7. The topological polar surface area (TPSA) is 88.5 Å². The highest BCUT2D eigenvalue weighted by Gasteiger charge is 2.28. The fourth-order valence-electron chi connectivity index (χ4n) is 6.95. The van der Waals surface area contributed by atoms with Crippen molar-refractivity contribution in [2.45, 2.75) is 129 Å². The number of carbonyl (C=O) groups excluding carboxylic acids is 2.